The topological polar surface area (TPSA) is 60.8 Å². The number of aliphatic hydroxyl groups is 1. The Kier molecular flexibility index (Phi) is 4.03. The first-order valence-corrected chi connectivity index (χ1v) is 4.53. The highest BCUT2D eigenvalue weighted by atomic mass is 19.1. The molecule has 2 unspecified atom stereocenters. The zero-order valence-electron chi connectivity index (χ0n) is 7.77. The van der Waals surface area contributed by atoms with Crippen molar-refractivity contribution >= 4 is 5.97 Å². The van der Waals surface area contributed by atoms with E-state index in [2.05, 4.69) is 0 Å². The van der Waals surface area contributed by atoms with E-state index in [4.69, 9.17) is 10.2 Å². The molecular formula is C9H14FNO3. The van der Waals surface area contributed by atoms with E-state index >= 15 is 0 Å². The van der Waals surface area contributed by atoms with Crippen molar-refractivity contribution in [2.75, 3.05) is 19.6 Å². The van der Waals surface area contributed by atoms with Crippen LogP contribution in [0.5, 0.6) is 0 Å². The fourth-order valence-electron chi connectivity index (χ4n) is 1.42. The summed E-state index contributed by atoms with van der Waals surface area (Å²) in [5.41, 5.74) is 0. The standard InChI is InChI=1S/C9H14FNO3/c10-7-6-11(5-3-8(7)12)4-1-2-9(13)14/h1-2,7-8,12H,3-6H2,(H,13,14). The van der Waals surface area contributed by atoms with Crippen LogP contribution < -0.4 is 0 Å². The molecule has 2 atom stereocenters. The van der Waals surface area contributed by atoms with Crippen molar-refractivity contribution in [1.82, 2.24) is 4.90 Å². The molecule has 1 saturated heterocycles. The number of rotatable bonds is 3. The fraction of sp³-hybridized carbons (Fsp3) is 0.667. The maximum absolute atomic E-state index is 13.0. The molecule has 1 aliphatic rings. The van der Waals surface area contributed by atoms with Gasteiger partial charge in [0.05, 0.1) is 6.10 Å². The Morgan fingerprint density at radius 3 is 2.93 bits per heavy atom. The van der Waals surface area contributed by atoms with Gasteiger partial charge in [0.1, 0.15) is 6.17 Å². The molecule has 2 N–H and O–H groups in total. The number of piperidine rings is 1. The van der Waals surface area contributed by atoms with Gasteiger partial charge in [0.25, 0.3) is 0 Å². The summed E-state index contributed by atoms with van der Waals surface area (Å²) in [5, 5.41) is 17.4. The molecule has 1 aliphatic heterocycles. The largest absolute Gasteiger partial charge is 0.478 e. The summed E-state index contributed by atoms with van der Waals surface area (Å²) < 4.78 is 13.0. The molecule has 0 aliphatic carbocycles. The quantitative estimate of drug-likeness (QED) is 0.635. The number of carboxylic acid groups (broad SMARTS) is 1. The summed E-state index contributed by atoms with van der Waals surface area (Å²) >= 11 is 0. The Morgan fingerprint density at radius 1 is 1.64 bits per heavy atom. The monoisotopic (exact) mass is 203 g/mol. The van der Waals surface area contributed by atoms with Crippen molar-refractivity contribution in [3.8, 4) is 0 Å². The second-order valence-electron chi connectivity index (χ2n) is 3.37. The number of halogens is 1. The Hall–Kier alpha value is -0.940. The average Bonchev–Trinajstić information content (AvgIpc) is 2.10. The first-order chi connectivity index (χ1) is 6.59. The van der Waals surface area contributed by atoms with E-state index in [0.29, 0.717) is 19.5 Å². The van der Waals surface area contributed by atoms with Crippen molar-refractivity contribution in [2.45, 2.75) is 18.7 Å². The maximum Gasteiger partial charge on any atom is 0.328 e. The van der Waals surface area contributed by atoms with E-state index in [1.807, 2.05) is 0 Å². The van der Waals surface area contributed by atoms with Crippen molar-refractivity contribution in [3.05, 3.63) is 12.2 Å². The Bertz CT molecular complexity index is 232. The van der Waals surface area contributed by atoms with Crippen LogP contribution in [-0.4, -0.2) is 53.0 Å². The van der Waals surface area contributed by atoms with Gasteiger partial charge in [-0.3, -0.25) is 4.90 Å². The summed E-state index contributed by atoms with van der Waals surface area (Å²) in [7, 11) is 0. The van der Waals surface area contributed by atoms with E-state index in [0.717, 1.165) is 6.08 Å². The summed E-state index contributed by atoms with van der Waals surface area (Å²) in [6, 6.07) is 0. The smallest absolute Gasteiger partial charge is 0.328 e. The van der Waals surface area contributed by atoms with Crippen LogP contribution >= 0.6 is 0 Å². The molecule has 0 aromatic rings. The van der Waals surface area contributed by atoms with Crippen LogP contribution in [0.15, 0.2) is 12.2 Å². The Morgan fingerprint density at radius 2 is 2.36 bits per heavy atom. The second-order valence-corrected chi connectivity index (χ2v) is 3.37. The molecule has 0 radical (unpaired) electrons. The highest BCUT2D eigenvalue weighted by Crippen LogP contribution is 2.13. The summed E-state index contributed by atoms with van der Waals surface area (Å²) in [6.45, 7) is 1.19. The molecule has 14 heavy (non-hydrogen) atoms. The van der Waals surface area contributed by atoms with Crippen LogP contribution in [0, 0.1) is 0 Å². The van der Waals surface area contributed by atoms with Gasteiger partial charge in [-0.2, -0.15) is 0 Å². The number of likely N-dealkylation sites (tertiary alicyclic amines) is 1. The van der Waals surface area contributed by atoms with Gasteiger partial charge in [0.15, 0.2) is 0 Å². The molecule has 1 fully saturated rings. The fourth-order valence-corrected chi connectivity index (χ4v) is 1.42. The normalized spacial score (nSPS) is 29.6. The van der Waals surface area contributed by atoms with Crippen molar-refractivity contribution in [1.29, 1.82) is 0 Å². The third kappa shape index (κ3) is 3.43. The molecule has 80 valence electrons. The third-order valence-corrected chi connectivity index (χ3v) is 2.22. The van der Waals surface area contributed by atoms with Crippen LogP contribution in [0.25, 0.3) is 0 Å². The van der Waals surface area contributed by atoms with Crippen LogP contribution in [0.3, 0.4) is 0 Å². The zero-order chi connectivity index (χ0) is 10.6. The van der Waals surface area contributed by atoms with Gasteiger partial charge in [-0.1, -0.05) is 6.08 Å². The minimum Gasteiger partial charge on any atom is -0.478 e. The molecule has 4 nitrogen and oxygen atoms in total. The van der Waals surface area contributed by atoms with Crippen LogP contribution in [0.1, 0.15) is 6.42 Å². The highest BCUT2D eigenvalue weighted by Gasteiger charge is 2.26. The van der Waals surface area contributed by atoms with Gasteiger partial charge in [0, 0.05) is 25.7 Å². The highest BCUT2D eigenvalue weighted by molar-refractivity contribution is 5.79. The van der Waals surface area contributed by atoms with Crippen LogP contribution in [0.4, 0.5) is 4.39 Å². The minimum absolute atomic E-state index is 0.172. The van der Waals surface area contributed by atoms with Crippen molar-refractivity contribution in [3.63, 3.8) is 0 Å². The predicted octanol–water partition coefficient (Wildman–Crippen LogP) is 0.0319. The summed E-state index contributed by atoms with van der Waals surface area (Å²) in [6.07, 6.45) is 0.837. The average molecular weight is 203 g/mol. The Labute approximate surface area is 81.6 Å². The number of hydrogen-bond acceptors (Lipinski definition) is 3. The van der Waals surface area contributed by atoms with Crippen molar-refractivity contribution < 1.29 is 19.4 Å². The minimum atomic E-state index is -1.22. The van der Waals surface area contributed by atoms with Gasteiger partial charge in [-0.25, -0.2) is 9.18 Å². The van der Waals surface area contributed by atoms with Gasteiger partial charge < -0.3 is 10.2 Å². The van der Waals surface area contributed by atoms with E-state index in [1.54, 1.807) is 4.90 Å². The van der Waals surface area contributed by atoms with Gasteiger partial charge >= 0.3 is 5.97 Å². The molecule has 1 heterocycles. The molecule has 0 bridgehead atoms. The van der Waals surface area contributed by atoms with Gasteiger partial charge in [-0.15, -0.1) is 0 Å². The van der Waals surface area contributed by atoms with Gasteiger partial charge in [-0.05, 0) is 6.42 Å². The SMILES string of the molecule is O=C(O)C=CCN1CCC(O)C(F)C1. The lowest BCUT2D eigenvalue weighted by atomic mass is 10.1. The molecule has 0 aromatic heterocycles. The molecule has 0 amide bonds. The summed E-state index contributed by atoms with van der Waals surface area (Å²) in [4.78, 5) is 11.9. The van der Waals surface area contributed by atoms with Gasteiger partial charge in [0.2, 0.25) is 0 Å². The van der Waals surface area contributed by atoms with E-state index in [-0.39, 0.29) is 6.54 Å². The third-order valence-electron chi connectivity index (χ3n) is 2.22. The van der Waals surface area contributed by atoms with Crippen LogP contribution in [-0.2, 0) is 4.79 Å². The molecule has 1 rings (SSSR count). The summed E-state index contributed by atoms with van der Waals surface area (Å²) in [5.74, 6) is -1.00. The maximum atomic E-state index is 13.0. The number of aliphatic carboxylic acids is 1. The lowest BCUT2D eigenvalue weighted by molar-refractivity contribution is -0.131. The first kappa shape index (κ1) is 11.1. The first-order valence-electron chi connectivity index (χ1n) is 4.53. The predicted molar refractivity (Wildman–Crippen MR) is 48.7 cm³/mol. The molecule has 0 aromatic carbocycles. The number of alkyl halides is 1. The number of aliphatic hydroxyl groups excluding tert-OH is 1. The number of carbonyl (C=O) groups is 1. The van der Waals surface area contributed by atoms with Crippen molar-refractivity contribution in [2.24, 2.45) is 0 Å². The molecular weight excluding hydrogens is 189 g/mol. The van der Waals surface area contributed by atoms with E-state index in [9.17, 15) is 9.18 Å². The number of carboxylic acids is 1. The lowest BCUT2D eigenvalue weighted by Gasteiger charge is -2.31. The molecule has 0 saturated carbocycles. The lowest BCUT2D eigenvalue weighted by Crippen LogP contribution is -2.44. The number of hydrogen-bond donors (Lipinski definition) is 2. The number of nitrogens with zero attached hydrogens (tertiary/aromatic N) is 1. The van der Waals surface area contributed by atoms with E-state index < -0.39 is 18.2 Å². The molecule has 5 heteroatoms. The van der Waals surface area contributed by atoms with E-state index in [1.165, 1.54) is 6.08 Å². The molecule has 0 spiro atoms. The Balaban J connectivity index is 2.30. The second kappa shape index (κ2) is 5.07. The van der Waals surface area contributed by atoms with Crippen LogP contribution in [0.2, 0.25) is 0 Å². The zero-order valence-corrected chi connectivity index (χ0v) is 7.77.